The molecule has 7 nitrogen and oxygen atoms in total. The summed E-state index contributed by atoms with van der Waals surface area (Å²) in [5.41, 5.74) is 2.53. The van der Waals surface area contributed by atoms with Crippen molar-refractivity contribution in [1.82, 2.24) is 31.0 Å². The minimum Gasteiger partial charge on any atom is -0.345 e. The van der Waals surface area contributed by atoms with E-state index >= 15 is 0 Å². The van der Waals surface area contributed by atoms with E-state index < -0.39 is 0 Å². The van der Waals surface area contributed by atoms with Crippen molar-refractivity contribution >= 4 is 0 Å². The second-order valence-corrected chi connectivity index (χ2v) is 3.12. The molecule has 0 saturated carbocycles. The fourth-order valence-electron chi connectivity index (χ4n) is 1.37. The van der Waals surface area contributed by atoms with E-state index in [0.29, 0.717) is 11.5 Å². The van der Waals surface area contributed by atoms with Crippen LogP contribution in [0.1, 0.15) is 0 Å². The summed E-state index contributed by atoms with van der Waals surface area (Å²) >= 11 is 0. The normalized spacial score (nSPS) is 10.5. The van der Waals surface area contributed by atoms with E-state index in [1.807, 2.05) is 24.3 Å². The standard InChI is InChI=1S/C9H6N6O/c1-3-7(9-11-13-14-12-9)4-2-6(1)8-5-16-15-10-8/h1-5H,(H,11,12,13,14). The molecule has 0 radical (unpaired) electrons. The summed E-state index contributed by atoms with van der Waals surface area (Å²) in [7, 11) is 0. The first kappa shape index (κ1) is 8.72. The molecule has 0 amide bonds. The van der Waals surface area contributed by atoms with Gasteiger partial charge in [0.25, 0.3) is 0 Å². The predicted molar refractivity (Wildman–Crippen MR) is 52.9 cm³/mol. The summed E-state index contributed by atoms with van der Waals surface area (Å²) in [6, 6.07) is 7.59. The first-order valence-electron chi connectivity index (χ1n) is 4.55. The molecule has 2 aromatic heterocycles. The molecule has 78 valence electrons. The molecule has 16 heavy (non-hydrogen) atoms. The van der Waals surface area contributed by atoms with E-state index in [0.717, 1.165) is 11.1 Å². The number of aromatic amines is 1. The second kappa shape index (κ2) is 3.54. The number of benzene rings is 1. The van der Waals surface area contributed by atoms with Gasteiger partial charge in [-0.2, -0.15) is 0 Å². The number of tetrazole rings is 1. The van der Waals surface area contributed by atoms with Crippen molar-refractivity contribution in [3.63, 3.8) is 0 Å². The number of rotatable bonds is 2. The van der Waals surface area contributed by atoms with Crippen LogP contribution in [-0.2, 0) is 0 Å². The summed E-state index contributed by atoms with van der Waals surface area (Å²) in [4.78, 5) is 0. The average molecular weight is 214 g/mol. The molecule has 0 atom stereocenters. The van der Waals surface area contributed by atoms with Crippen molar-refractivity contribution in [2.75, 3.05) is 0 Å². The van der Waals surface area contributed by atoms with Gasteiger partial charge in [-0.3, -0.25) is 0 Å². The molecule has 0 aliphatic heterocycles. The van der Waals surface area contributed by atoms with Gasteiger partial charge in [0.05, 0.1) is 0 Å². The minimum absolute atomic E-state index is 0.629. The maximum absolute atomic E-state index is 4.67. The molecule has 3 rings (SSSR count). The Morgan fingerprint density at radius 3 is 2.44 bits per heavy atom. The van der Waals surface area contributed by atoms with E-state index in [1.54, 1.807) is 0 Å². The molecule has 2 heterocycles. The highest BCUT2D eigenvalue weighted by molar-refractivity contribution is 5.63. The molecular formula is C9H6N6O. The zero-order chi connectivity index (χ0) is 10.8. The Morgan fingerprint density at radius 2 is 1.81 bits per heavy atom. The Balaban J connectivity index is 1.97. The van der Waals surface area contributed by atoms with Crippen LogP contribution in [0.4, 0.5) is 0 Å². The molecule has 0 spiro atoms. The smallest absolute Gasteiger partial charge is 0.179 e. The van der Waals surface area contributed by atoms with Crippen molar-refractivity contribution in [2.24, 2.45) is 0 Å². The first-order valence-corrected chi connectivity index (χ1v) is 4.55. The van der Waals surface area contributed by atoms with Crippen LogP contribution < -0.4 is 0 Å². The highest BCUT2D eigenvalue weighted by atomic mass is 16.5. The van der Waals surface area contributed by atoms with Gasteiger partial charge >= 0.3 is 0 Å². The lowest BCUT2D eigenvalue weighted by Gasteiger charge is -1.97. The third-order valence-electron chi connectivity index (χ3n) is 2.16. The summed E-state index contributed by atoms with van der Waals surface area (Å²) in [5, 5.41) is 20.8. The molecule has 0 saturated heterocycles. The van der Waals surface area contributed by atoms with E-state index in [-0.39, 0.29) is 0 Å². The number of hydrogen-bond donors (Lipinski definition) is 1. The van der Waals surface area contributed by atoms with Gasteiger partial charge in [0.1, 0.15) is 5.69 Å². The maximum Gasteiger partial charge on any atom is 0.179 e. The van der Waals surface area contributed by atoms with E-state index in [2.05, 4.69) is 35.5 Å². The largest absolute Gasteiger partial charge is 0.345 e. The molecule has 0 aliphatic rings. The Labute approximate surface area is 89.5 Å². The molecule has 7 heteroatoms. The molecule has 0 unspecified atom stereocenters. The van der Waals surface area contributed by atoms with Gasteiger partial charge in [0.15, 0.2) is 12.1 Å². The van der Waals surface area contributed by atoms with Crippen LogP contribution in [-0.4, -0.2) is 31.0 Å². The van der Waals surface area contributed by atoms with E-state index in [1.165, 1.54) is 6.26 Å². The Kier molecular flexibility index (Phi) is 1.93. The van der Waals surface area contributed by atoms with Crippen molar-refractivity contribution in [1.29, 1.82) is 0 Å². The van der Waals surface area contributed by atoms with Gasteiger partial charge in [-0.1, -0.05) is 24.3 Å². The zero-order valence-corrected chi connectivity index (χ0v) is 8.03. The number of aromatic nitrogens is 6. The highest BCUT2D eigenvalue weighted by Gasteiger charge is 2.04. The van der Waals surface area contributed by atoms with Crippen LogP contribution in [0.25, 0.3) is 22.6 Å². The topological polar surface area (TPSA) is 93.4 Å². The van der Waals surface area contributed by atoms with Crippen LogP contribution in [0.2, 0.25) is 0 Å². The third-order valence-corrected chi connectivity index (χ3v) is 2.16. The SMILES string of the molecule is c1cc(-c2nnn[nH]2)ccc1-c1conn1. The number of hydrogen-bond acceptors (Lipinski definition) is 6. The van der Waals surface area contributed by atoms with Crippen molar-refractivity contribution in [3.05, 3.63) is 30.5 Å². The van der Waals surface area contributed by atoms with Gasteiger partial charge in [0, 0.05) is 16.4 Å². The molecule has 0 fully saturated rings. The van der Waals surface area contributed by atoms with Gasteiger partial charge < -0.3 is 4.52 Å². The molecule has 0 aliphatic carbocycles. The number of H-pyrrole nitrogens is 1. The van der Waals surface area contributed by atoms with Gasteiger partial charge in [-0.05, 0) is 10.4 Å². The summed E-state index contributed by atoms with van der Waals surface area (Å²) in [6.45, 7) is 0. The fraction of sp³-hybridized carbons (Fsp3) is 0. The first-order chi connectivity index (χ1) is 7.93. The summed E-state index contributed by atoms with van der Waals surface area (Å²) < 4.78 is 4.67. The molecule has 1 aromatic carbocycles. The average Bonchev–Trinajstić information content (AvgIpc) is 3.03. The van der Waals surface area contributed by atoms with Crippen molar-refractivity contribution in [3.8, 4) is 22.6 Å². The van der Waals surface area contributed by atoms with Crippen LogP contribution >= 0.6 is 0 Å². The number of nitrogens with one attached hydrogen (secondary N) is 1. The minimum atomic E-state index is 0.629. The van der Waals surface area contributed by atoms with Gasteiger partial charge in [0.2, 0.25) is 0 Å². The molecule has 3 aromatic rings. The molecular weight excluding hydrogens is 208 g/mol. The third kappa shape index (κ3) is 1.44. The maximum atomic E-state index is 4.67. The monoisotopic (exact) mass is 214 g/mol. The van der Waals surface area contributed by atoms with Crippen LogP contribution in [0.3, 0.4) is 0 Å². The van der Waals surface area contributed by atoms with E-state index in [9.17, 15) is 0 Å². The lowest BCUT2D eigenvalue weighted by molar-refractivity contribution is 0.393. The van der Waals surface area contributed by atoms with Crippen LogP contribution in [0.5, 0.6) is 0 Å². The quantitative estimate of drug-likeness (QED) is 0.681. The van der Waals surface area contributed by atoms with Crippen LogP contribution in [0.15, 0.2) is 35.1 Å². The number of nitrogens with zero attached hydrogens (tertiary/aromatic N) is 5. The molecule has 0 bridgehead atoms. The van der Waals surface area contributed by atoms with Gasteiger partial charge in [-0.15, -0.1) is 10.2 Å². The fourth-order valence-corrected chi connectivity index (χ4v) is 1.37. The van der Waals surface area contributed by atoms with E-state index in [4.69, 9.17) is 0 Å². The lowest BCUT2D eigenvalue weighted by Crippen LogP contribution is -1.82. The van der Waals surface area contributed by atoms with Crippen LogP contribution in [0, 0.1) is 0 Å². The Bertz CT molecular complexity index is 503. The second-order valence-electron chi connectivity index (χ2n) is 3.12. The summed E-state index contributed by atoms with van der Waals surface area (Å²) in [5.74, 6) is 0.629. The zero-order valence-electron chi connectivity index (χ0n) is 8.03. The predicted octanol–water partition coefficient (Wildman–Crippen LogP) is 0.917. The molecule has 1 N–H and O–H groups in total. The summed E-state index contributed by atoms with van der Waals surface area (Å²) in [6.07, 6.45) is 1.49. The Hall–Kier alpha value is -2.57. The lowest BCUT2D eigenvalue weighted by atomic mass is 10.1. The highest BCUT2D eigenvalue weighted by Crippen LogP contribution is 2.20. The van der Waals surface area contributed by atoms with Crippen molar-refractivity contribution in [2.45, 2.75) is 0 Å². The van der Waals surface area contributed by atoms with Crippen molar-refractivity contribution < 1.29 is 4.52 Å². The Morgan fingerprint density at radius 1 is 1.00 bits per heavy atom. The van der Waals surface area contributed by atoms with Gasteiger partial charge in [-0.25, -0.2) is 5.10 Å².